The molecule has 3 aromatic rings. The number of hydrazone groups is 1. The fraction of sp³-hybridized carbons (Fsp3) is 0.0556. The molecule has 0 fully saturated rings. The van der Waals surface area contributed by atoms with Gasteiger partial charge in [-0.15, -0.1) is 0 Å². The lowest BCUT2D eigenvalue weighted by molar-refractivity contribution is 0.573. The van der Waals surface area contributed by atoms with Crippen LogP contribution in [-0.2, 0) is 6.54 Å². The Kier molecular flexibility index (Phi) is 5.92. The van der Waals surface area contributed by atoms with E-state index in [1.165, 1.54) is 0 Å². The van der Waals surface area contributed by atoms with Crippen molar-refractivity contribution < 1.29 is 4.42 Å². The van der Waals surface area contributed by atoms with Gasteiger partial charge in [0.15, 0.2) is 0 Å². The van der Waals surface area contributed by atoms with E-state index in [9.17, 15) is 0 Å². The van der Waals surface area contributed by atoms with Gasteiger partial charge in [0.2, 0.25) is 0 Å². The molecule has 3 rings (SSSR count). The van der Waals surface area contributed by atoms with Gasteiger partial charge in [0.1, 0.15) is 11.5 Å². The summed E-state index contributed by atoms with van der Waals surface area (Å²) in [5, 5.41) is 6.45. The third-order valence-electron chi connectivity index (χ3n) is 3.42. The average Bonchev–Trinajstić information content (AvgIpc) is 3.04. The molecule has 1 heterocycles. The fourth-order valence-corrected chi connectivity index (χ4v) is 3.10. The second-order valence-corrected chi connectivity index (χ2v) is 6.78. The van der Waals surface area contributed by atoms with E-state index in [-0.39, 0.29) is 0 Å². The van der Waals surface area contributed by atoms with Gasteiger partial charge in [-0.05, 0) is 42.5 Å². The Morgan fingerprint density at radius 3 is 2.44 bits per heavy atom. The Hall–Kier alpha value is -1.65. The van der Waals surface area contributed by atoms with Crippen LogP contribution in [0.15, 0.2) is 58.0 Å². The monoisotopic (exact) mass is 412 g/mol. The number of rotatable bonds is 5. The van der Waals surface area contributed by atoms with E-state index in [1.54, 1.807) is 48.7 Å². The Morgan fingerprint density at radius 2 is 1.68 bits per heavy atom. The molecule has 0 atom stereocenters. The van der Waals surface area contributed by atoms with Crippen LogP contribution in [0.3, 0.4) is 0 Å². The molecule has 2 aromatic carbocycles. The minimum atomic E-state index is 0.405. The Bertz CT molecular complexity index is 901. The second kappa shape index (κ2) is 8.15. The zero-order chi connectivity index (χ0) is 17.8. The first kappa shape index (κ1) is 18.2. The van der Waals surface area contributed by atoms with Crippen molar-refractivity contribution in [3.8, 4) is 11.3 Å². The van der Waals surface area contributed by atoms with Gasteiger partial charge < -0.3 is 9.84 Å². The molecule has 25 heavy (non-hydrogen) atoms. The molecule has 0 radical (unpaired) electrons. The van der Waals surface area contributed by atoms with E-state index in [0.717, 1.165) is 11.1 Å². The summed E-state index contributed by atoms with van der Waals surface area (Å²) in [4.78, 5) is 0. The van der Waals surface area contributed by atoms with Gasteiger partial charge in [0.05, 0.1) is 17.8 Å². The molecule has 1 N–H and O–H groups in total. The van der Waals surface area contributed by atoms with Crippen molar-refractivity contribution >= 4 is 52.6 Å². The van der Waals surface area contributed by atoms with E-state index in [0.29, 0.717) is 38.2 Å². The summed E-state index contributed by atoms with van der Waals surface area (Å²) in [6.07, 6.45) is 1.56. The Morgan fingerprint density at radius 1 is 0.920 bits per heavy atom. The number of nitrogens with zero attached hydrogens (tertiary/aromatic N) is 1. The van der Waals surface area contributed by atoms with Crippen LogP contribution in [0.5, 0.6) is 0 Å². The van der Waals surface area contributed by atoms with Crippen molar-refractivity contribution in [2.45, 2.75) is 6.54 Å². The molecule has 0 aliphatic carbocycles. The minimum absolute atomic E-state index is 0.405. The maximum Gasteiger partial charge on any atom is 0.147 e. The zero-order valence-corrected chi connectivity index (χ0v) is 15.8. The van der Waals surface area contributed by atoms with Crippen LogP contribution in [0, 0.1) is 0 Å². The predicted octanol–water partition coefficient (Wildman–Crippen LogP) is 6.68. The summed E-state index contributed by atoms with van der Waals surface area (Å²) in [5.41, 5.74) is 4.41. The lowest BCUT2D eigenvalue weighted by Crippen LogP contribution is -2.06. The number of halogens is 4. The van der Waals surface area contributed by atoms with Crippen LogP contribution in [0.1, 0.15) is 11.3 Å². The largest absolute Gasteiger partial charge is 0.455 e. The zero-order valence-electron chi connectivity index (χ0n) is 12.8. The maximum atomic E-state index is 6.17. The summed E-state index contributed by atoms with van der Waals surface area (Å²) in [7, 11) is 0. The number of hydrogen-bond donors (Lipinski definition) is 1. The van der Waals surface area contributed by atoms with Crippen LogP contribution in [0.4, 0.5) is 0 Å². The van der Waals surface area contributed by atoms with Gasteiger partial charge in [-0.25, -0.2) is 0 Å². The van der Waals surface area contributed by atoms with Crippen LogP contribution in [-0.4, -0.2) is 6.21 Å². The average molecular weight is 414 g/mol. The third kappa shape index (κ3) is 4.50. The summed E-state index contributed by atoms with van der Waals surface area (Å²) in [6.45, 7) is 0.405. The molecule has 0 unspecified atom stereocenters. The highest BCUT2D eigenvalue weighted by Gasteiger charge is 2.09. The lowest BCUT2D eigenvalue weighted by Gasteiger charge is -2.05. The Labute approximate surface area is 165 Å². The first-order valence-electron chi connectivity index (χ1n) is 7.28. The lowest BCUT2D eigenvalue weighted by atomic mass is 10.2. The van der Waals surface area contributed by atoms with Crippen LogP contribution >= 0.6 is 46.4 Å². The highest BCUT2D eigenvalue weighted by atomic mass is 35.5. The number of furan rings is 1. The van der Waals surface area contributed by atoms with Gasteiger partial charge in [-0.2, -0.15) is 5.10 Å². The van der Waals surface area contributed by atoms with Gasteiger partial charge in [0.25, 0.3) is 0 Å². The molecule has 0 saturated carbocycles. The molecule has 0 aliphatic heterocycles. The summed E-state index contributed by atoms with van der Waals surface area (Å²) in [5.74, 6) is 1.19. The molecule has 0 amide bonds. The SMILES string of the molecule is Clc1ccc(Cl)c(-c2ccc(/C=N\NCc3c(Cl)cccc3Cl)o2)c1. The Balaban J connectivity index is 1.67. The van der Waals surface area contributed by atoms with E-state index >= 15 is 0 Å². The first-order chi connectivity index (χ1) is 12.0. The van der Waals surface area contributed by atoms with Crippen LogP contribution in [0.25, 0.3) is 11.3 Å². The maximum absolute atomic E-state index is 6.17. The molecular weight excluding hydrogens is 402 g/mol. The summed E-state index contributed by atoms with van der Waals surface area (Å²) in [6, 6.07) is 14.2. The number of hydrogen-bond acceptors (Lipinski definition) is 3. The molecule has 1 aromatic heterocycles. The van der Waals surface area contributed by atoms with E-state index in [4.69, 9.17) is 50.8 Å². The van der Waals surface area contributed by atoms with Gasteiger partial charge in [-0.3, -0.25) is 0 Å². The van der Waals surface area contributed by atoms with Gasteiger partial charge >= 0.3 is 0 Å². The standard InChI is InChI=1S/C18H12Cl4N2O/c19-11-4-6-17(22)13(8-11)18-7-5-12(25-18)9-23-24-10-14-15(20)2-1-3-16(14)21/h1-9,24H,10H2/b23-9-. The molecule has 7 heteroatoms. The molecular formula is C18H12Cl4N2O. The minimum Gasteiger partial charge on any atom is -0.455 e. The number of benzene rings is 2. The topological polar surface area (TPSA) is 37.5 Å². The third-order valence-corrected chi connectivity index (χ3v) is 4.69. The van der Waals surface area contributed by atoms with Gasteiger partial charge in [0, 0.05) is 26.2 Å². The normalized spacial score (nSPS) is 11.2. The van der Waals surface area contributed by atoms with Crippen molar-refractivity contribution in [3.05, 3.63) is 79.9 Å². The molecule has 128 valence electrons. The predicted molar refractivity (Wildman–Crippen MR) is 105 cm³/mol. The second-order valence-electron chi connectivity index (χ2n) is 5.12. The summed E-state index contributed by atoms with van der Waals surface area (Å²) < 4.78 is 5.72. The molecule has 3 nitrogen and oxygen atoms in total. The van der Waals surface area contributed by atoms with Crippen molar-refractivity contribution in [3.63, 3.8) is 0 Å². The fourth-order valence-electron chi connectivity index (χ4n) is 2.19. The van der Waals surface area contributed by atoms with Crippen molar-refractivity contribution in [1.82, 2.24) is 5.43 Å². The molecule has 0 spiro atoms. The molecule has 0 bridgehead atoms. The summed E-state index contributed by atoms with van der Waals surface area (Å²) >= 11 is 24.4. The number of nitrogens with one attached hydrogen (secondary N) is 1. The van der Waals surface area contributed by atoms with Gasteiger partial charge in [-0.1, -0.05) is 52.5 Å². The molecule has 0 saturated heterocycles. The molecule has 0 aliphatic rings. The van der Waals surface area contributed by atoms with E-state index < -0.39 is 0 Å². The van der Waals surface area contributed by atoms with Crippen LogP contribution in [0.2, 0.25) is 20.1 Å². The highest BCUT2D eigenvalue weighted by molar-refractivity contribution is 6.36. The first-order valence-corrected chi connectivity index (χ1v) is 8.80. The smallest absolute Gasteiger partial charge is 0.147 e. The van der Waals surface area contributed by atoms with E-state index in [2.05, 4.69) is 10.5 Å². The van der Waals surface area contributed by atoms with Crippen LogP contribution < -0.4 is 5.43 Å². The van der Waals surface area contributed by atoms with Crippen molar-refractivity contribution in [1.29, 1.82) is 0 Å². The highest BCUT2D eigenvalue weighted by Crippen LogP contribution is 2.31. The van der Waals surface area contributed by atoms with Crippen molar-refractivity contribution in [2.24, 2.45) is 5.10 Å². The van der Waals surface area contributed by atoms with Crippen molar-refractivity contribution in [2.75, 3.05) is 0 Å². The quantitative estimate of drug-likeness (QED) is 0.374. The van der Waals surface area contributed by atoms with E-state index in [1.807, 2.05) is 6.07 Å².